The van der Waals surface area contributed by atoms with E-state index in [0.717, 1.165) is 19.4 Å². The van der Waals surface area contributed by atoms with Crippen LogP contribution in [0, 0.1) is 6.92 Å². The van der Waals surface area contributed by atoms with E-state index in [-0.39, 0.29) is 6.04 Å². The fraction of sp³-hybridized carbons (Fsp3) is 0.538. The summed E-state index contributed by atoms with van der Waals surface area (Å²) in [6.45, 7) is 5.69. The molecule has 0 saturated carbocycles. The summed E-state index contributed by atoms with van der Waals surface area (Å²) >= 11 is 0. The highest BCUT2D eigenvalue weighted by molar-refractivity contribution is 5.26. The molecule has 0 aromatic heterocycles. The Kier molecular flexibility index (Phi) is 5.37. The summed E-state index contributed by atoms with van der Waals surface area (Å²) in [5.74, 6) is 0. The smallest absolute Gasteiger partial charge is 0.0620 e. The summed E-state index contributed by atoms with van der Waals surface area (Å²) in [4.78, 5) is 0. The van der Waals surface area contributed by atoms with E-state index < -0.39 is 0 Å². The summed E-state index contributed by atoms with van der Waals surface area (Å²) in [6, 6.07) is 8.47. The highest BCUT2D eigenvalue weighted by Crippen LogP contribution is 2.09. The number of aryl methyl sites for hydroxylation is 1. The first-order chi connectivity index (χ1) is 7.24. The maximum atomic E-state index is 5.99. The Morgan fingerprint density at radius 2 is 2.07 bits per heavy atom. The molecule has 0 spiro atoms. The van der Waals surface area contributed by atoms with Gasteiger partial charge in [0.2, 0.25) is 0 Å². The molecule has 84 valence electrons. The Balaban J connectivity index is 2.37. The molecule has 2 nitrogen and oxygen atoms in total. The SMILES string of the molecule is CCCOCC(N)Cc1ccccc1C. The van der Waals surface area contributed by atoms with Crippen LogP contribution in [-0.2, 0) is 11.2 Å². The molecule has 0 bridgehead atoms. The number of nitrogens with two attached hydrogens (primary N) is 1. The van der Waals surface area contributed by atoms with Crippen LogP contribution in [0.4, 0.5) is 0 Å². The van der Waals surface area contributed by atoms with Crippen LogP contribution in [0.25, 0.3) is 0 Å². The topological polar surface area (TPSA) is 35.2 Å². The van der Waals surface area contributed by atoms with Gasteiger partial charge in [0.05, 0.1) is 6.61 Å². The second-order valence-corrected chi connectivity index (χ2v) is 3.97. The summed E-state index contributed by atoms with van der Waals surface area (Å²) in [7, 11) is 0. The molecule has 0 fully saturated rings. The first kappa shape index (κ1) is 12.2. The van der Waals surface area contributed by atoms with Crippen molar-refractivity contribution < 1.29 is 4.74 Å². The predicted molar refractivity (Wildman–Crippen MR) is 64.0 cm³/mol. The minimum absolute atomic E-state index is 0.109. The lowest BCUT2D eigenvalue weighted by Crippen LogP contribution is -2.29. The molecule has 0 heterocycles. The van der Waals surface area contributed by atoms with Crippen molar-refractivity contribution in [2.24, 2.45) is 5.73 Å². The van der Waals surface area contributed by atoms with E-state index in [9.17, 15) is 0 Å². The molecule has 0 aliphatic rings. The van der Waals surface area contributed by atoms with Crippen molar-refractivity contribution in [3.05, 3.63) is 35.4 Å². The van der Waals surface area contributed by atoms with Gasteiger partial charge < -0.3 is 10.5 Å². The van der Waals surface area contributed by atoms with E-state index in [1.54, 1.807) is 0 Å². The average molecular weight is 207 g/mol. The molecule has 0 aliphatic carbocycles. The Hall–Kier alpha value is -0.860. The molecule has 0 saturated heterocycles. The number of ether oxygens (including phenoxy) is 1. The normalized spacial score (nSPS) is 12.7. The van der Waals surface area contributed by atoms with Gasteiger partial charge in [0.25, 0.3) is 0 Å². The van der Waals surface area contributed by atoms with Gasteiger partial charge in [0.15, 0.2) is 0 Å². The zero-order chi connectivity index (χ0) is 11.1. The fourth-order valence-corrected chi connectivity index (χ4v) is 1.56. The van der Waals surface area contributed by atoms with Crippen LogP contribution < -0.4 is 5.73 Å². The van der Waals surface area contributed by atoms with Crippen molar-refractivity contribution in [2.45, 2.75) is 32.7 Å². The van der Waals surface area contributed by atoms with Crippen molar-refractivity contribution in [1.29, 1.82) is 0 Å². The lowest BCUT2D eigenvalue weighted by molar-refractivity contribution is 0.121. The number of benzene rings is 1. The molecule has 2 heteroatoms. The molecule has 1 rings (SSSR count). The zero-order valence-electron chi connectivity index (χ0n) is 9.70. The Bertz CT molecular complexity index is 286. The van der Waals surface area contributed by atoms with Crippen molar-refractivity contribution in [3.8, 4) is 0 Å². The molecule has 1 unspecified atom stereocenters. The minimum Gasteiger partial charge on any atom is -0.380 e. The van der Waals surface area contributed by atoms with Gasteiger partial charge in [-0.2, -0.15) is 0 Å². The van der Waals surface area contributed by atoms with Crippen molar-refractivity contribution in [2.75, 3.05) is 13.2 Å². The first-order valence-electron chi connectivity index (χ1n) is 5.62. The summed E-state index contributed by atoms with van der Waals surface area (Å²) < 4.78 is 5.43. The molecule has 1 atom stereocenters. The van der Waals surface area contributed by atoms with Gasteiger partial charge in [-0.3, -0.25) is 0 Å². The number of rotatable bonds is 6. The number of hydrogen-bond donors (Lipinski definition) is 1. The van der Waals surface area contributed by atoms with Crippen molar-refractivity contribution in [1.82, 2.24) is 0 Å². The summed E-state index contributed by atoms with van der Waals surface area (Å²) in [5, 5.41) is 0. The average Bonchev–Trinajstić information content (AvgIpc) is 2.22. The van der Waals surface area contributed by atoms with Gasteiger partial charge in [-0.1, -0.05) is 31.2 Å². The van der Waals surface area contributed by atoms with Crippen molar-refractivity contribution >= 4 is 0 Å². The fourth-order valence-electron chi connectivity index (χ4n) is 1.56. The zero-order valence-corrected chi connectivity index (χ0v) is 9.70. The molecule has 0 aliphatic heterocycles. The van der Waals surface area contributed by atoms with E-state index in [1.165, 1.54) is 11.1 Å². The summed E-state index contributed by atoms with van der Waals surface area (Å²) in [5.41, 5.74) is 8.62. The van der Waals surface area contributed by atoms with Crippen LogP contribution >= 0.6 is 0 Å². The third kappa shape index (κ3) is 4.45. The minimum atomic E-state index is 0.109. The predicted octanol–water partition coefficient (Wildman–Crippen LogP) is 2.29. The van der Waals surface area contributed by atoms with Crippen LogP contribution in [0.1, 0.15) is 24.5 Å². The third-order valence-corrected chi connectivity index (χ3v) is 2.42. The van der Waals surface area contributed by atoms with E-state index in [1.807, 2.05) is 0 Å². The molecule has 1 aromatic rings. The van der Waals surface area contributed by atoms with Gasteiger partial charge in [-0.05, 0) is 30.9 Å². The van der Waals surface area contributed by atoms with E-state index in [4.69, 9.17) is 10.5 Å². The number of hydrogen-bond acceptors (Lipinski definition) is 2. The van der Waals surface area contributed by atoms with Gasteiger partial charge in [0, 0.05) is 12.6 Å². The van der Waals surface area contributed by atoms with Crippen LogP contribution in [-0.4, -0.2) is 19.3 Å². The second kappa shape index (κ2) is 6.59. The Morgan fingerprint density at radius 3 is 2.73 bits per heavy atom. The van der Waals surface area contributed by atoms with Gasteiger partial charge in [0.1, 0.15) is 0 Å². The van der Waals surface area contributed by atoms with Crippen LogP contribution in [0.3, 0.4) is 0 Å². The van der Waals surface area contributed by atoms with Crippen molar-refractivity contribution in [3.63, 3.8) is 0 Å². The first-order valence-corrected chi connectivity index (χ1v) is 5.62. The van der Waals surface area contributed by atoms with Gasteiger partial charge in [-0.15, -0.1) is 0 Å². The highest BCUT2D eigenvalue weighted by atomic mass is 16.5. The highest BCUT2D eigenvalue weighted by Gasteiger charge is 2.05. The lowest BCUT2D eigenvalue weighted by Gasteiger charge is -2.13. The van der Waals surface area contributed by atoms with E-state index in [2.05, 4.69) is 38.1 Å². The van der Waals surface area contributed by atoms with Crippen LogP contribution in [0.5, 0.6) is 0 Å². The monoisotopic (exact) mass is 207 g/mol. The molecular weight excluding hydrogens is 186 g/mol. The van der Waals surface area contributed by atoms with E-state index in [0.29, 0.717) is 6.61 Å². The Morgan fingerprint density at radius 1 is 1.33 bits per heavy atom. The van der Waals surface area contributed by atoms with Gasteiger partial charge in [-0.25, -0.2) is 0 Å². The third-order valence-electron chi connectivity index (χ3n) is 2.42. The van der Waals surface area contributed by atoms with Crippen LogP contribution in [0.2, 0.25) is 0 Å². The maximum Gasteiger partial charge on any atom is 0.0620 e. The summed E-state index contributed by atoms with van der Waals surface area (Å²) in [6.07, 6.45) is 1.95. The largest absolute Gasteiger partial charge is 0.380 e. The molecule has 1 aromatic carbocycles. The molecule has 2 N–H and O–H groups in total. The second-order valence-electron chi connectivity index (χ2n) is 3.97. The molecule has 0 radical (unpaired) electrons. The lowest BCUT2D eigenvalue weighted by atomic mass is 10.0. The standard InChI is InChI=1S/C13H21NO/c1-3-8-15-10-13(14)9-12-7-5-4-6-11(12)2/h4-7,13H,3,8-10,14H2,1-2H3. The molecule has 0 amide bonds. The quantitative estimate of drug-likeness (QED) is 0.726. The van der Waals surface area contributed by atoms with Gasteiger partial charge >= 0.3 is 0 Å². The molecule has 15 heavy (non-hydrogen) atoms. The molecular formula is C13H21NO. The van der Waals surface area contributed by atoms with Crippen LogP contribution in [0.15, 0.2) is 24.3 Å². The van der Waals surface area contributed by atoms with E-state index >= 15 is 0 Å². The Labute approximate surface area is 92.4 Å². The maximum absolute atomic E-state index is 5.99.